The molecule has 1 aromatic rings. The number of hydrazone groups is 2. The highest BCUT2D eigenvalue weighted by molar-refractivity contribution is 7.80. The van der Waals surface area contributed by atoms with Crippen molar-refractivity contribution in [2.24, 2.45) is 21.7 Å². The van der Waals surface area contributed by atoms with Crippen LogP contribution in [0.3, 0.4) is 0 Å². The van der Waals surface area contributed by atoms with E-state index in [1.165, 1.54) is 0 Å². The molecule has 6 N–H and O–H groups in total. The Morgan fingerprint density at radius 2 is 1.60 bits per heavy atom. The Kier molecular flexibility index (Phi) is 6.54. The van der Waals surface area contributed by atoms with E-state index in [2.05, 4.69) is 33.3 Å². The van der Waals surface area contributed by atoms with Gasteiger partial charge in [0.25, 0.3) is 0 Å². The first-order valence-corrected chi connectivity index (χ1v) is 6.56. The van der Waals surface area contributed by atoms with E-state index < -0.39 is 0 Å². The van der Waals surface area contributed by atoms with Crippen LogP contribution in [0.2, 0.25) is 0 Å². The topological polar surface area (TPSA) is 101 Å². The Morgan fingerprint density at radius 3 is 2.15 bits per heavy atom. The lowest BCUT2D eigenvalue weighted by Crippen LogP contribution is -2.27. The standard InChI is InChI=1S/C12H16N6S2/c1-8(15-17-11(13)19)7-10(16-18-12(14)20)9-5-3-2-4-6-9/h2-6H,7H2,1H3,(H3,13,17,19)(H3,14,18,20)/b15-8+,16-10-. The third kappa shape index (κ3) is 6.21. The third-order valence-corrected chi connectivity index (χ3v) is 2.37. The Labute approximate surface area is 128 Å². The van der Waals surface area contributed by atoms with E-state index in [9.17, 15) is 0 Å². The fraction of sp³-hybridized carbons (Fsp3) is 0.167. The molecule has 20 heavy (non-hydrogen) atoms. The zero-order valence-corrected chi connectivity index (χ0v) is 12.6. The summed E-state index contributed by atoms with van der Waals surface area (Å²) in [5, 5.41) is 8.45. The Balaban J connectivity index is 2.89. The average Bonchev–Trinajstić information content (AvgIpc) is 2.42. The van der Waals surface area contributed by atoms with Gasteiger partial charge in [0.15, 0.2) is 10.2 Å². The molecule has 0 saturated heterocycles. The molecule has 0 atom stereocenters. The predicted octanol–water partition coefficient (Wildman–Crippen LogP) is 0.823. The van der Waals surface area contributed by atoms with Gasteiger partial charge in [0.1, 0.15) is 0 Å². The second kappa shape index (κ2) is 8.18. The molecule has 0 unspecified atom stereocenters. The number of nitrogens with two attached hydrogens (primary N) is 2. The van der Waals surface area contributed by atoms with Gasteiger partial charge in [0.05, 0.1) is 5.71 Å². The van der Waals surface area contributed by atoms with Crippen molar-refractivity contribution in [2.45, 2.75) is 13.3 Å². The molecule has 8 heteroatoms. The molecule has 106 valence electrons. The van der Waals surface area contributed by atoms with Crippen LogP contribution in [0, 0.1) is 0 Å². The van der Waals surface area contributed by atoms with Gasteiger partial charge in [0, 0.05) is 12.1 Å². The Bertz CT molecular complexity index is 538. The number of hydrogen-bond acceptors (Lipinski definition) is 4. The molecule has 0 spiro atoms. The monoisotopic (exact) mass is 308 g/mol. The van der Waals surface area contributed by atoms with E-state index in [1.807, 2.05) is 37.3 Å². The SMILES string of the molecule is C/C(C/C(=N/NC(N)=S)c1ccccc1)=N\NC(N)=S. The highest BCUT2D eigenvalue weighted by atomic mass is 32.1. The lowest BCUT2D eigenvalue weighted by Gasteiger charge is -2.07. The van der Waals surface area contributed by atoms with E-state index in [0.717, 1.165) is 17.0 Å². The summed E-state index contributed by atoms with van der Waals surface area (Å²) in [6.45, 7) is 1.84. The van der Waals surface area contributed by atoms with Crippen LogP contribution in [0.15, 0.2) is 40.5 Å². The van der Waals surface area contributed by atoms with Gasteiger partial charge in [0.2, 0.25) is 0 Å². The maximum atomic E-state index is 5.39. The Morgan fingerprint density at radius 1 is 1.05 bits per heavy atom. The van der Waals surface area contributed by atoms with Crippen molar-refractivity contribution in [3.63, 3.8) is 0 Å². The smallest absolute Gasteiger partial charge is 0.184 e. The van der Waals surface area contributed by atoms with Gasteiger partial charge < -0.3 is 11.5 Å². The number of nitrogens with zero attached hydrogens (tertiary/aromatic N) is 2. The molecule has 6 nitrogen and oxygen atoms in total. The van der Waals surface area contributed by atoms with Crippen LogP contribution < -0.4 is 22.3 Å². The highest BCUT2D eigenvalue weighted by Crippen LogP contribution is 2.05. The van der Waals surface area contributed by atoms with Crippen molar-refractivity contribution in [1.29, 1.82) is 0 Å². The first kappa shape index (κ1) is 16.0. The van der Waals surface area contributed by atoms with Crippen LogP contribution in [-0.2, 0) is 0 Å². The summed E-state index contributed by atoms with van der Waals surface area (Å²) in [6.07, 6.45) is 0.495. The second-order valence-corrected chi connectivity index (χ2v) is 4.78. The lowest BCUT2D eigenvalue weighted by molar-refractivity contribution is 1.01. The van der Waals surface area contributed by atoms with Crippen molar-refractivity contribution >= 4 is 46.1 Å². The van der Waals surface area contributed by atoms with Crippen LogP contribution in [0.4, 0.5) is 0 Å². The minimum absolute atomic E-state index is 0.106. The molecule has 0 saturated carbocycles. The number of hydrogen-bond donors (Lipinski definition) is 4. The maximum absolute atomic E-state index is 5.39. The van der Waals surface area contributed by atoms with Crippen molar-refractivity contribution in [3.8, 4) is 0 Å². The molecule has 1 rings (SSSR count). The molecule has 1 aromatic carbocycles. The first-order chi connectivity index (χ1) is 9.49. The van der Waals surface area contributed by atoms with Crippen LogP contribution >= 0.6 is 24.4 Å². The molecule has 0 heterocycles. The van der Waals surface area contributed by atoms with E-state index in [4.69, 9.17) is 23.7 Å². The maximum Gasteiger partial charge on any atom is 0.184 e. The van der Waals surface area contributed by atoms with Gasteiger partial charge in [-0.15, -0.1) is 0 Å². The fourth-order valence-corrected chi connectivity index (χ4v) is 1.48. The summed E-state index contributed by atoms with van der Waals surface area (Å²) in [4.78, 5) is 0. The number of thiocarbonyl (C=S) groups is 2. The summed E-state index contributed by atoms with van der Waals surface area (Å²) < 4.78 is 0. The molecule has 0 aliphatic carbocycles. The highest BCUT2D eigenvalue weighted by Gasteiger charge is 2.06. The van der Waals surface area contributed by atoms with E-state index in [1.54, 1.807) is 0 Å². The molecule has 0 fully saturated rings. The largest absolute Gasteiger partial charge is 0.375 e. The summed E-state index contributed by atoms with van der Waals surface area (Å²) in [7, 11) is 0. The Hall–Kier alpha value is -2.06. The van der Waals surface area contributed by atoms with Crippen molar-refractivity contribution < 1.29 is 0 Å². The van der Waals surface area contributed by atoms with E-state index >= 15 is 0 Å². The molecule has 0 aliphatic heterocycles. The average molecular weight is 308 g/mol. The fourth-order valence-electron chi connectivity index (χ4n) is 1.39. The van der Waals surface area contributed by atoms with Gasteiger partial charge in [-0.05, 0) is 36.9 Å². The zero-order chi connectivity index (χ0) is 15.0. The number of rotatable bonds is 5. The molecule has 0 radical (unpaired) electrons. The normalized spacial score (nSPS) is 11.8. The predicted molar refractivity (Wildman–Crippen MR) is 90.5 cm³/mol. The van der Waals surface area contributed by atoms with Crippen LogP contribution in [0.5, 0.6) is 0 Å². The van der Waals surface area contributed by atoms with Crippen LogP contribution in [0.25, 0.3) is 0 Å². The van der Waals surface area contributed by atoms with Gasteiger partial charge in [-0.2, -0.15) is 10.2 Å². The summed E-state index contributed by atoms with van der Waals surface area (Å²) in [5.74, 6) is 0. The van der Waals surface area contributed by atoms with Crippen molar-refractivity contribution in [3.05, 3.63) is 35.9 Å². The molecule has 0 aromatic heterocycles. The first-order valence-electron chi connectivity index (χ1n) is 5.75. The zero-order valence-electron chi connectivity index (χ0n) is 11.0. The molecule has 0 amide bonds. The van der Waals surface area contributed by atoms with Gasteiger partial charge in [-0.25, -0.2) is 0 Å². The molecule has 0 aliphatic rings. The number of nitrogens with one attached hydrogen (secondary N) is 2. The summed E-state index contributed by atoms with van der Waals surface area (Å²) in [6, 6.07) is 9.65. The quantitative estimate of drug-likeness (QED) is 0.365. The minimum atomic E-state index is 0.106. The molecular formula is C12H16N6S2. The lowest BCUT2D eigenvalue weighted by atomic mass is 10.1. The molecular weight excluding hydrogens is 292 g/mol. The van der Waals surface area contributed by atoms with Crippen LogP contribution in [-0.4, -0.2) is 21.6 Å². The number of benzene rings is 1. The van der Waals surface area contributed by atoms with Crippen molar-refractivity contribution in [2.75, 3.05) is 0 Å². The molecule has 0 bridgehead atoms. The van der Waals surface area contributed by atoms with Crippen molar-refractivity contribution in [1.82, 2.24) is 10.9 Å². The van der Waals surface area contributed by atoms with Crippen LogP contribution in [0.1, 0.15) is 18.9 Å². The third-order valence-electron chi connectivity index (χ3n) is 2.19. The van der Waals surface area contributed by atoms with E-state index in [-0.39, 0.29) is 10.2 Å². The van der Waals surface area contributed by atoms with Gasteiger partial charge >= 0.3 is 0 Å². The van der Waals surface area contributed by atoms with Gasteiger partial charge in [-0.1, -0.05) is 30.3 Å². The minimum Gasteiger partial charge on any atom is -0.375 e. The van der Waals surface area contributed by atoms with Gasteiger partial charge in [-0.3, -0.25) is 10.9 Å². The second-order valence-electron chi connectivity index (χ2n) is 3.90. The summed E-state index contributed by atoms with van der Waals surface area (Å²) >= 11 is 9.44. The van der Waals surface area contributed by atoms with E-state index in [0.29, 0.717) is 6.42 Å². The summed E-state index contributed by atoms with van der Waals surface area (Å²) in [5.41, 5.74) is 18.3.